The summed E-state index contributed by atoms with van der Waals surface area (Å²) in [6.07, 6.45) is 49.9. The highest BCUT2D eigenvalue weighted by molar-refractivity contribution is 7.47. The van der Waals surface area contributed by atoms with Gasteiger partial charge in [0.15, 0.2) is 12.2 Å². The molecule has 95 heavy (non-hydrogen) atoms. The average molecular weight is 1400 g/mol. The second kappa shape index (κ2) is 65.4. The lowest BCUT2D eigenvalue weighted by molar-refractivity contribution is -0.161. The molecule has 0 bridgehead atoms. The van der Waals surface area contributed by atoms with Crippen molar-refractivity contribution in [2.24, 2.45) is 23.7 Å². The highest BCUT2D eigenvalue weighted by Gasteiger charge is 2.30. The molecule has 0 radical (unpaired) electrons. The first-order valence-corrected chi connectivity index (χ1v) is 42.2. The molecule has 564 valence electrons. The predicted molar refractivity (Wildman–Crippen MR) is 386 cm³/mol. The zero-order valence-corrected chi connectivity index (χ0v) is 64.1. The standard InChI is InChI=1S/C76H148O17P2/c1-66(2)52-44-36-28-21-15-9-12-18-24-32-40-48-56-73(78)86-62-71(92-75(80)58-50-42-33-25-19-13-10-16-22-29-37-45-53-67(3)4)64-90-94(82,83)88-60-70(77)61-89-95(84,85)91-65-72(63-87-74(79)57-49-41-35-27-31-39-47-55-69(7)8)93-76(81)59-51-43-34-26-20-14-11-17-23-30-38-46-54-68(5)6/h66-72,77H,9-65H2,1-8H3,(H,82,83)(H,84,85)/t70?,71-,72-/m1/s1. The number of hydrogen-bond acceptors (Lipinski definition) is 15. The van der Waals surface area contributed by atoms with Crippen LogP contribution in [0, 0.1) is 23.7 Å². The molecule has 17 nitrogen and oxygen atoms in total. The van der Waals surface area contributed by atoms with E-state index in [2.05, 4.69) is 55.4 Å². The highest BCUT2D eigenvalue weighted by atomic mass is 31.2. The lowest BCUT2D eigenvalue weighted by Crippen LogP contribution is -2.30. The Balaban J connectivity index is 5.26. The van der Waals surface area contributed by atoms with E-state index in [0.29, 0.717) is 31.6 Å². The van der Waals surface area contributed by atoms with E-state index in [1.54, 1.807) is 0 Å². The van der Waals surface area contributed by atoms with E-state index in [4.69, 9.17) is 37.0 Å². The number of carbonyl (C=O) groups excluding carboxylic acids is 4. The van der Waals surface area contributed by atoms with Crippen molar-refractivity contribution in [3.05, 3.63) is 0 Å². The first kappa shape index (κ1) is 93.1. The van der Waals surface area contributed by atoms with Gasteiger partial charge >= 0.3 is 39.5 Å². The van der Waals surface area contributed by atoms with Crippen LogP contribution in [-0.2, 0) is 65.4 Å². The highest BCUT2D eigenvalue weighted by Crippen LogP contribution is 2.45. The van der Waals surface area contributed by atoms with E-state index in [1.807, 2.05) is 0 Å². The zero-order chi connectivity index (χ0) is 70.3. The van der Waals surface area contributed by atoms with Crippen LogP contribution in [0.4, 0.5) is 0 Å². The Kier molecular flexibility index (Phi) is 64.0. The molecule has 19 heteroatoms. The third-order valence-corrected chi connectivity index (χ3v) is 19.5. The normalized spacial score (nSPS) is 14.1. The Bertz CT molecular complexity index is 1870. The molecule has 0 aliphatic carbocycles. The quantitative estimate of drug-likeness (QED) is 0.0222. The SMILES string of the molecule is CC(C)CCCCCCCCCCCCCCC(=O)OC[C@H](COP(=O)(O)OCC(O)COP(=O)(O)OC[C@@H](COC(=O)CCCCCCCCCC(C)C)OC(=O)CCCCCCCCCCCCCCC(C)C)OC(=O)CCCCCCCCCCCCCCC(C)C. The summed E-state index contributed by atoms with van der Waals surface area (Å²) < 4.78 is 68.5. The molecule has 0 aromatic carbocycles. The van der Waals surface area contributed by atoms with Gasteiger partial charge in [-0.15, -0.1) is 0 Å². The predicted octanol–water partition coefficient (Wildman–Crippen LogP) is 22.0. The lowest BCUT2D eigenvalue weighted by Gasteiger charge is -2.21. The largest absolute Gasteiger partial charge is 0.472 e. The Morgan fingerprint density at radius 2 is 0.442 bits per heavy atom. The number of esters is 4. The van der Waals surface area contributed by atoms with Crippen molar-refractivity contribution in [2.75, 3.05) is 39.6 Å². The summed E-state index contributed by atoms with van der Waals surface area (Å²) in [6, 6.07) is 0. The van der Waals surface area contributed by atoms with Gasteiger partial charge in [0.2, 0.25) is 0 Å². The molecule has 0 aromatic rings. The third-order valence-electron chi connectivity index (χ3n) is 17.6. The number of rotatable bonds is 73. The van der Waals surface area contributed by atoms with Crippen LogP contribution in [0.15, 0.2) is 0 Å². The molecule has 0 saturated carbocycles. The molecular formula is C76H148O17P2. The molecule has 0 heterocycles. The molecule has 0 aromatic heterocycles. The van der Waals surface area contributed by atoms with Crippen LogP contribution < -0.4 is 0 Å². The van der Waals surface area contributed by atoms with Crippen LogP contribution >= 0.6 is 15.6 Å². The minimum Gasteiger partial charge on any atom is -0.462 e. The maximum Gasteiger partial charge on any atom is 0.472 e. The summed E-state index contributed by atoms with van der Waals surface area (Å²) in [4.78, 5) is 72.8. The van der Waals surface area contributed by atoms with Gasteiger partial charge in [-0.25, -0.2) is 9.13 Å². The smallest absolute Gasteiger partial charge is 0.462 e. The van der Waals surface area contributed by atoms with Gasteiger partial charge < -0.3 is 33.8 Å². The fourth-order valence-corrected chi connectivity index (χ4v) is 13.1. The zero-order valence-electron chi connectivity index (χ0n) is 62.3. The molecule has 5 atom stereocenters. The third kappa shape index (κ3) is 70.3. The number of hydrogen-bond donors (Lipinski definition) is 3. The minimum absolute atomic E-state index is 0.106. The monoisotopic (exact) mass is 1400 g/mol. The van der Waals surface area contributed by atoms with Gasteiger partial charge in [0, 0.05) is 25.7 Å². The molecule has 3 unspecified atom stereocenters. The molecule has 0 aliphatic rings. The topological polar surface area (TPSA) is 237 Å². The summed E-state index contributed by atoms with van der Waals surface area (Å²) in [5, 5.41) is 10.6. The van der Waals surface area contributed by atoms with Gasteiger partial charge in [-0.3, -0.25) is 37.3 Å². The summed E-state index contributed by atoms with van der Waals surface area (Å²) >= 11 is 0. The first-order chi connectivity index (χ1) is 45.6. The molecule has 0 saturated heterocycles. The van der Waals surface area contributed by atoms with Crippen molar-refractivity contribution in [1.82, 2.24) is 0 Å². The van der Waals surface area contributed by atoms with Gasteiger partial charge in [-0.1, -0.05) is 331 Å². The van der Waals surface area contributed by atoms with Crippen molar-refractivity contribution >= 4 is 39.5 Å². The van der Waals surface area contributed by atoms with Crippen LogP contribution in [0.5, 0.6) is 0 Å². The number of ether oxygens (including phenoxy) is 4. The van der Waals surface area contributed by atoms with Crippen molar-refractivity contribution in [3.8, 4) is 0 Å². The van der Waals surface area contributed by atoms with Crippen molar-refractivity contribution in [3.63, 3.8) is 0 Å². The molecular weight excluding hydrogens is 1250 g/mol. The van der Waals surface area contributed by atoms with Crippen molar-refractivity contribution in [1.29, 1.82) is 0 Å². The second-order valence-corrected chi connectivity index (χ2v) is 32.2. The maximum absolute atomic E-state index is 13.1. The number of aliphatic hydroxyl groups excluding tert-OH is 1. The molecule has 0 aliphatic heterocycles. The second-order valence-electron chi connectivity index (χ2n) is 29.3. The summed E-state index contributed by atoms with van der Waals surface area (Å²) in [5.74, 6) is 0.920. The molecule has 0 amide bonds. The van der Waals surface area contributed by atoms with E-state index >= 15 is 0 Å². The van der Waals surface area contributed by atoms with Crippen LogP contribution in [0.1, 0.15) is 383 Å². The van der Waals surface area contributed by atoms with Crippen LogP contribution in [-0.4, -0.2) is 96.7 Å². The van der Waals surface area contributed by atoms with Crippen LogP contribution in [0.2, 0.25) is 0 Å². The molecule has 0 rings (SSSR count). The van der Waals surface area contributed by atoms with Crippen molar-refractivity contribution in [2.45, 2.75) is 401 Å². The maximum atomic E-state index is 13.1. The summed E-state index contributed by atoms with van der Waals surface area (Å²) in [6.45, 7) is 14.2. The molecule has 0 spiro atoms. The molecule has 0 fully saturated rings. The van der Waals surface area contributed by atoms with Crippen LogP contribution in [0.3, 0.4) is 0 Å². The summed E-state index contributed by atoms with van der Waals surface area (Å²) in [7, 11) is -9.91. The minimum atomic E-state index is -4.96. The van der Waals surface area contributed by atoms with Gasteiger partial charge in [0.05, 0.1) is 26.4 Å². The van der Waals surface area contributed by atoms with E-state index in [9.17, 15) is 43.2 Å². The van der Waals surface area contributed by atoms with Crippen LogP contribution in [0.25, 0.3) is 0 Å². The Morgan fingerprint density at radius 1 is 0.263 bits per heavy atom. The number of unbranched alkanes of at least 4 members (excludes halogenated alkanes) is 39. The average Bonchev–Trinajstić information content (AvgIpc) is 3.68. The fraction of sp³-hybridized carbons (Fsp3) is 0.947. The van der Waals surface area contributed by atoms with Gasteiger partial charge in [-0.2, -0.15) is 0 Å². The van der Waals surface area contributed by atoms with Crippen molar-refractivity contribution < 1.29 is 80.2 Å². The number of phosphoric ester groups is 2. The fourth-order valence-electron chi connectivity index (χ4n) is 11.6. The summed E-state index contributed by atoms with van der Waals surface area (Å²) in [5.41, 5.74) is 0. The van der Waals surface area contributed by atoms with Gasteiger partial charge in [0.1, 0.15) is 19.3 Å². The van der Waals surface area contributed by atoms with E-state index in [1.165, 1.54) is 180 Å². The molecule has 3 N–H and O–H groups in total. The Morgan fingerprint density at radius 3 is 0.653 bits per heavy atom. The van der Waals surface area contributed by atoms with E-state index < -0.39 is 97.5 Å². The number of carbonyl (C=O) groups is 4. The first-order valence-electron chi connectivity index (χ1n) is 39.2. The Labute approximate surface area is 581 Å². The van der Waals surface area contributed by atoms with Gasteiger partial charge in [0.25, 0.3) is 0 Å². The lowest BCUT2D eigenvalue weighted by atomic mass is 10.0. The number of phosphoric acid groups is 2. The van der Waals surface area contributed by atoms with E-state index in [-0.39, 0.29) is 25.7 Å². The van der Waals surface area contributed by atoms with Gasteiger partial charge in [-0.05, 0) is 49.4 Å². The number of aliphatic hydroxyl groups is 1. The Hall–Kier alpha value is -1.94. The van der Waals surface area contributed by atoms with E-state index in [0.717, 1.165) is 114 Å².